The number of nitrogens with one attached hydrogen (secondary N) is 11. The Morgan fingerprint density at radius 2 is 0.990 bits per heavy atom. The van der Waals surface area contributed by atoms with Gasteiger partial charge in [-0.2, -0.15) is 0 Å². The molecule has 8 rings (SSSR count). The number of H-pyrrole nitrogens is 3. The molecule has 2 bridgehead atoms. The Labute approximate surface area is 568 Å². The molecule has 0 saturated carbocycles. The van der Waals surface area contributed by atoms with Crippen LogP contribution in [0.2, 0.25) is 0 Å². The van der Waals surface area contributed by atoms with E-state index in [9.17, 15) is 43.2 Å². The molecule has 27 nitrogen and oxygen atoms in total. The van der Waals surface area contributed by atoms with Crippen molar-refractivity contribution < 1.29 is 57.5 Å². The number of Topliss-reactive ketones (excluding diaryl/α,β-unsaturated/α-hetero) is 4. The van der Waals surface area contributed by atoms with E-state index in [2.05, 4.69) is 67.5 Å². The van der Waals surface area contributed by atoms with Crippen LogP contribution >= 0.6 is 21.6 Å². The minimum atomic E-state index is -1.51. The highest BCUT2D eigenvalue weighted by Crippen LogP contribution is 2.32. The van der Waals surface area contributed by atoms with Crippen molar-refractivity contribution in [3.05, 3.63) is 126 Å². The first kappa shape index (κ1) is 73.2. The van der Waals surface area contributed by atoms with E-state index >= 15 is 14.4 Å². The van der Waals surface area contributed by atoms with E-state index in [4.69, 9.17) is 11.5 Å². The molecule has 15 N–H and O–H groups in total. The standard InChI is InChI=1S/C68H85N15O12S2/c1-36-22-57(85)45-28-58(86)42(25-43-30-73-49-18-11-9-16-47(43)49)27-59(87)51(20-13-21-72-68(69)70)79-64(92)52(24-41-14-7-6-8-15-41)82-66(94)54(29-46-32-71-35-75-46)81-63(91)40(5)78-67(95)55(34-97-96-33-45)83-65(93)53(26-44-31-74-50-19-12-10-17-48(44)50)80-62(90)39(4)77-61(89)38(3)76-60(88)37(2)23-56(36)84/h6-12,14-19,30-32,35-40,42,45,51-55,73-74H,13,20-29,33-34H2,1-5H3,(H,71,75)(H,76,88)(H,77,89)(H,78,95)(H,79,92)(H,80,90)(H,81,91)(H,82,94)(H,83,93)(H4,69,70,72)/t36-,37-,38+,39+,40+,42-,45+,51+,52-,53+,54+,55+/m1/s1. The Balaban J connectivity index is 1.22. The molecule has 97 heavy (non-hydrogen) atoms. The van der Waals surface area contributed by atoms with Crippen LogP contribution in [0.15, 0.2) is 109 Å². The number of rotatable bonds is 12. The third-order valence-electron chi connectivity index (χ3n) is 17.3. The van der Waals surface area contributed by atoms with E-state index in [1.165, 1.54) is 47.1 Å². The number of aromatic nitrogens is 4. The summed E-state index contributed by atoms with van der Waals surface area (Å²) in [6.45, 7) is 7.20. The molecule has 2 aliphatic heterocycles. The maximum atomic E-state index is 15.4. The average molecular weight is 1370 g/mol. The van der Waals surface area contributed by atoms with Gasteiger partial charge in [0.2, 0.25) is 47.3 Å². The number of fused-ring (bicyclic) bond motifs is 7. The maximum Gasteiger partial charge on any atom is 0.244 e. The molecule has 2 saturated heterocycles. The Morgan fingerprint density at radius 1 is 0.474 bits per heavy atom. The summed E-state index contributed by atoms with van der Waals surface area (Å²) in [6.07, 6.45) is 4.32. The zero-order valence-electron chi connectivity index (χ0n) is 54.7. The van der Waals surface area contributed by atoms with Gasteiger partial charge in [-0.15, -0.1) is 0 Å². The minimum Gasteiger partial charge on any atom is -0.370 e. The van der Waals surface area contributed by atoms with E-state index in [1.807, 2.05) is 42.5 Å². The Hall–Kier alpha value is -9.64. The van der Waals surface area contributed by atoms with Crippen LogP contribution in [-0.4, -0.2) is 163 Å². The number of aliphatic imine (C=N–C) groups is 1. The first-order chi connectivity index (χ1) is 46.4. The van der Waals surface area contributed by atoms with Gasteiger partial charge in [0.1, 0.15) is 59.6 Å². The lowest BCUT2D eigenvalue weighted by Crippen LogP contribution is -2.60. The van der Waals surface area contributed by atoms with E-state index < -0.39 is 155 Å². The van der Waals surface area contributed by atoms with Gasteiger partial charge in [0.25, 0.3) is 0 Å². The quantitative estimate of drug-likeness (QED) is 0.0362. The molecule has 8 amide bonds. The summed E-state index contributed by atoms with van der Waals surface area (Å²) in [5.74, 6) is -13.3. The second-order valence-electron chi connectivity index (χ2n) is 25.0. The Morgan fingerprint density at radius 3 is 1.61 bits per heavy atom. The van der Waals surface area contributed by atoms with Crippen molar-refractivity contribution in [3.63, 3.8) is 0 Å². The van der Waals surface area contributed by atoms with Gasteiger partial charge in [-0.05, 0) is 68.9 Å². The normalized spacial score (nSPS) is 25.9. The molecule has 5 heterocycles. The van der Waals surface area contributed by atoms with Gasteiger partial charge in [-0.25, -0.2) is 4.98 Å². The summed E-state index contributed by atoms with van der Waals surface area (Å²) in [7, 11) is 2.12. The van der Waals surface area contributed by atoms with Crippen LogP contribution in [0.4, 0.5) is 0 Å². The molecule has 3 aromatic heterocycles. The van der Waals surface area contributed by atoms with Crippen molar-refractivity contribution in [1.29, 1.82) is 0 Å². The van der Waals surface area contributed by atoms with Crippen LogP contribution in [0, 0.1) is 23.7 Å². The van der Waals surface area contributed by atoms with Gasteiger partial charge in [0.15, 0.2) is 11.7 Å². The third kappa shape index (κ3) is 20.9. The number of nitrogens with zero attached hydrogens (tertiary/aromatic N) is 2. The number of imidazole rings is 1. The van der Waals surface area contributed by atoms with Crippen molar-refractivity contribution in [1.82, 2.24) is 62.5 Å². The van der Waals surface area contributed by atoms with Crippen LogP contribution < -0.4 is 54.0 Å². The van der Waals surface area contributed by atoms with Crippen LogP contribution in [0.5, 0.6) is 0 Å². The largest absolute Gasteiger partial charge is 0.370 e. The first-order valence-electron chi connectivity index (χ1n) is 32.4. The summed E-state index contributed by atoms with van der Waals surface area (Å²) in [5.41, 5.74) is 15.1. The SMILES string of the molecule is C[C@@H]1CC(=O)[C@@H]2CSSC[C@H](NC(=O)[C@H](Cc3c[nH]c4ccccc34)NC(=O)[C@H](C)NC(=O)[C@H](C)NC(=O)[C@H](C)CC1=O)C(=O)N[C@@H](C)C(=O)N[C@@H](Cc1cnc[nH]1)C(=O)N[C@H](Cc1ccccc1)C(=O)N[C@@H](CCCN=C(N)N)C(=O)C[C@@H](Cc1c[nH]c3ccccc13)C(=O)C2. The number of guanidine groups is 1. The van der Waals surface area contributed by atoms with Gasteiger partial charge >= 0.3 is 0 Å². The number of hydrogen-bond donors (Lipinski definition) is 13. The number of carbonyl (C=O) groups excluding carboxylic acids is 12. The molecular weight excluding hydrogens is 1280 g/mol. The highest BCUT2D eigenvalue weighted by molar-refractivity contribution is 8.76. The molecule has 2 aliphatic rings. The predicted octanol–water partition coefficient (Wildman–Crippen LogP) is 2.38. The van der Waals surface area contributed by atoms with Gasteiger partial charge in [0.05, 0.1) is 12.4 Å². The van der Waals surface area contributed by atoms with Gasteiger partial charge in [-0.1, -0.05) is 102 Å². The van der Waals surface area contributed by atoms with E-state index in [0.29, 0.717) is 22.4 Å². The monoisotopic (exact) mass is 1370 g/mol. The first-order valence-corrected chi connectivity index (χ1v) is 34.8. The lowest BCUT2D eigenvalue weighted by molar-refractivity contribution is -0.136. The Kier molecular flexibility index (Phi) is 26.3. The smallest absolute Gasteiger partial charge is 0.244 e. The van der Waals surface area contributed by atoms with Crippen molar-refractivity contribution in [2.75, 3.05) is 18.1 Å². The van der Waals surface area contributed by atoms with Crippen molar-refractivity contribution in [3.8, 4) is 0 Å². The second kappa shape index (κ2) is 34.9. The molecule has 3 aromatic carbocycles. The number of aromatic amines is 3. The Bertz CT molecular complexity index is 3850. The molecule has 0 radical (unpaired) electrons. The molecule has 516 valence electrons. The lowest BCUT2D eigenvalue weighted by Gasteiger charge is -2.27. The fourth-order valence-corrected chi connectivity index (χ4v) is 14.1. The van der Waals surface area contributed by atoms with Crippen LogP contribution in [0.3, 0.4) is 0 Å². The van der Waals surface area contributed by atoms with Gasteiger partial charge < -0.3 is 69.0 Å². The summed E-state index contributed by atoms with van der Waals surface area (Å²) in [5, 5.41) is 23.2. The fraction of sp³-hybridized carbons (Fsp3) is 0.441. The molecule has 2 fully saturated rings. The highest BCUT2D eigenvalue weighted by atomic mass is 33.1. The van der Waals surface area contributed by atoms with Gasteiger partial charge in [0, 0.05) is 133 Å². The third-order valence-corrected chi connectivity index (χ3v) is 19.8. The summed E-state index contributed by atoms with van der Waals surface area (Å²) >= 11 is 0. The van der Waals surface area contributed by atoms with Crippen molar-refractivity contribution in [2.45, 2.75) is 147 Å². The molecule has 0 unspecified atom stereocenters. The van der Waals surface area contributed by atoms with Crippen LogP contribution in [-0.2, 0) is 83.2 Å². The van der Waals surface area contributed by atoms with Crippen LogP contribution in [0.1, 0.15) is 95.5 Å². The number of nitrogens with two attached hydrogens (primary N) is 2. The van der Waals surface area contributed by atoms with E-state index in [0.717, 1.165) is 43.4 Å². The summed E-state index contributed by atoms with van der Waals surface area (Å²) in [4.78, 5) is 193. The molecule has 6 aromatic rings. The minimum absolute atomic E-state index is 0.00706. The molecule has 29 heteroatoms. The zero-order chi connectivity index (χ0) is 69.9. The average Bonchev–Trinajstić information content (AvgIpc) is 1.74. The number of carbonyl (C=O) groups is 12. The molecule has 0 aliphatic carbocycles. The number of ketones is 4. The number of amides is 8. The topological polar surface area (TPSA) is 426 Å². The second-order valence-corrected chi connectivity index (χ2v) is 27.5. The van der Waals surface area contributed by atoms with E-state index in [1.54, 1.807) is 48.8 Å². The van der Waals surface area contributed by atoms with E-state index in [-0.39, 0.29) is 75.4 Å². The molecule has 12 atom stereocenters. The number of benzene rings is 3. The highest BCUT2D eigenvalue weighted by Gasteiger charge is 2.38. The maximum absolute atomic E-state index is 15.4. The van der Waals surface area contributed by atoms with Gasteiger partial charge in [-0.3, -0.25) is 62.5 Å². The summed E-state index contributed by atoms with van der Waals surface area (Å²) < 4.78 is 0. The lowest BCUT2D eigenvalue weighted by atomic mass is 9.82. The van der Waals surface area contributed by atoms with Crippen molar-refractivity contribution in [2.24, 2.45) is 40.1 Å². The number of para-hydroxylation sites is 2. The van der Waals surface area contributed by atoms with Crippen LogP contribution in [0.25, 0.3) is 21.8 Å². The summed E-state index contributed by atoms with van der Waals surface area (Å²) in [6, 6.07) is 12.3. The molecular formula is C68H85N15O12S2. The fourth-order valence-electron chi connectivity index (χ4n) is 11.6. The molecule has 0 spiro atoms. The number of hydrogen-bond acceptors (Lipinski definition) is 16. The van der Waals surface area contributed by atoms with Crippen molar-refractivity contribution >= 4 is 120 Å². The zero-order valence-corrected chi connectivity index (χ0v) is 56.3. The predicted molar refractivity (Wildman–Crippen MR) is 368 cm³/mol.